The number of hydrogen-bond acceptors (Lipinski definition) is 4. The molecule has 0 aliphatic heterocycles. The molecule has 2 N–H and O–H groups in total. The van der Waals surface area contributed by atoms with Gasteiger partial charge in [0.25, 0.3) is 0 Å². The third-order valence-corrected chi connectivity index (χ3v) is 3.29. The van der Waals surface area contributed by atoms with Gasteiger partial charge in [-0.3, -0.25) is 5.10 Å². The van der Waals surface area contributed by atoms with Gasteiger partial charge in [0.2, 0.25) is 5.28 Å². The largest absolute Gasteiger partial charge is 0.339 e. The summed E-state index contributed by atoms with van der Waals surface area (Å²) in [6.07, 6.45) is 1.69. The van der Waals surface area contributed by atoms with Crippen LogP contribution in [0.4, 0.5) is 11.5 Å². The van der Waals surface area contributed by atoms with Crippen molar-refractivity contribution in [1.82, 2.24) is 20.2 Å². The predicted octanol–water partition coefficient (Wildman–Crippen LogP) is 3.87. The summed E-state index contributed by atoms with van der Waals surface area (Å²) >= 11 is 5.94. The lowest BCUT2D eigenvalue weighted by atomic mass is 10.0. The number of aromatic amines is 1. The van der Waals surface area contributed by atoms with Crippen molar-refractivity contribution in [2.45, 2.75) is 19.8 Å². The molecule has 3 rings (SSSR count). The van der Waals surface area contributed by atoms with Crippen LogP contribution in [0.25, 0.3) is 11.0 Å². The third kappa shape index (κ3) is 2.32. The molecular weight excluding hydrogens is 274 g/mol. The van der Waals surface area contributed by atoms with E-state index in [1.54, 1.807) is 6.20 Å². The standard InChI is InChI=1S/C14H14ClN5/c1-8(2)9-5-3-4-6-11(9)17-12-10-7-16-20-13(10)19-14(15)18-12/h3-8H,1-2H3,(H2,16,17,18,19,20). The van der Waals surface area contributed by atoms with E-state index in [2.05, 4.69) is 45.4 Å². The van der Waals surface area contributed by atoms with Crippen LogP contribution >= 0.6 is 11.6 Å². The number of anilines is 2. The molecule has 102 valence electrons. The Labute approximate surface area is 121 Å². The number of aromatic nitrogens is 4. The summed E-state index contributed by atoms with van der Waals surface area (Å²) in [6.45, 7) is 4.31. The van der Waals surface area contributed by atoms with Gasteiger partial charge < -0.3 is 5.32 Å². The first kappa shape index (κ1) is 12.9. The molecular formula is C14H14ClN5. The number of nitrogens with zero attached hydrogens (tertiary/aromatic N) is 3. The fourth-order valence-corrected chi connectivity index (χ4v) is 2.31. The van der Waals surface area contributed by atoms with Gasteiger partial charge in [0.1, 0.15) is 5.82 Å². The second-order valence-corrected chi connectivity index (χ2v) is 5.18. The van der Waals surface area contributed by atoms with E-state index in [0.717, 1.165) is 11.1 Å². The summed E-state index contributed by atoms with van der Waals surface area (Å²) in [5.74, 6) is 1.07. The van der Waals surface area contributed by atoms with Crippen molar-refractivity contribution in [2.75, 3.05) is 5.32 Å². The van der Waals surface area contributed by atoms with Crippen LogP contribution in [-0.2, 0) is 0 Å². The number of fused-ring (bicyclic) bond motifs is 1. The molecule has 0 bridgehead atoms. The van der Waals surface area contributed by atoms with Crippen molar-refractivity contribution in [2.24, 2.45) is 0 Å². The highest BCUT2D eigenvalue weighted by Gasteiger charge is 2.11. The molecule has 0 atom stereocenters. The van der Waals surface area contributed by atoms with Crippen molar-refractivity contribution in [3.05, 3.63) is 41.3 Å². The molecule has 0 amide bonds. The summed E-state index contributed by atoms with van der Waals surface area (Å²) in [7, 11) is 0. The van der Waals surface area contributed by atoms with Crippen LogP contribution in [-0.4, -0.2) is 20.2 Å². The van der Waals surface area contributed by atoms with Crippen molar-refractivity contribution in [3.8, 4) is 0 Å². The van der Waals surface area contributed by atoms with Crippen LogP contribution in [0.1, 0.15) is 25.3 Å². The Morgan fingerprint density at radius 1 is 1.20 bits per heavy atom. The Hall–Kier alpha value is -2.14. The Bertz CT molecular complexity index is 750. The van der Waals surface area contributed by atoms with Gasteiger partial charge in [-0.25, -0.2) is 0 Å². The molecule has 0 saturated heterocycles. The number of H-pyrrole nitrogens is 1. The van der Waals surface area contributed by atoms with E-state index in [-0.39, 0.29) is 5.28 Å². The maximum Gasteiger partial charge on any atom is 0.226 e. The molecule has 0 unspecified atom stereocenters. The smallest absolute Gasteiger partial charge is 0.226 e. The molecule has 2 heterocycles. The Morgan fingerprint density at radius 2 is 2.00 bits per heavy atom. The number of hydrogen-bond donors (Lipinski definition) is 2. The Kier molecular flexibility index (Phi) is 3.28. The summed E-state index contributed by atoms with van der Waals surface area (Å²) in [5.41, 5.74) is 2.85. The van der Waals surface area contributed by atoms with Crippen LogP contribution in [0.5, 0.6) is 0 Å². The normalized spacial score (nSPS) is 11.2. The van der Waals surface area contributed by atoms with E-state index in [0.29, 0.717) is 17.4 Å². The molecule has 0 spiro atoms. The second-order valence-electron chi connectivity index (χ2n) is 4.84. The van der Waals surface area contributed by atoms with Crippen LogP contribution in [0.2, 0.25) is 5.28 Å². The van der Waals surface area contributed by atoms with Gasteiger partial charge in [-0.05, 0) is 29.1 Å². The van der Waals surface area contributed by atoms with Crippen LogP contribution in [0.15, 0.2) is 30.5 Å². The van der Waals surface area contributed by atoms with E-state index in [1.165, 1.54) is 5.56 Å². The molecule has 0 aliphatic rings. The number of halogens is 1. The van der Waals surface area contributed by atoms with Crippen molar-refractivity contribution in [1.29, 1.82) is 0 Å². The maximum atomic E-state index is 5.94. The van der Waals surface area contributed by atoms with Gasteiger partial charge in [0, 0.05) is 5.69 Å². The Balaban J connectivity index is 2.08. The zero-order valence-corrected chi connectivity index (χ0v) is 11.9. The first-order valence-corrected chi connectivity index (χ1v) is 6.75. The highest BCUT2D eigenvalue weighted by molar-refractivity contribution is 6.28. The van der Waals surface area contributed by atoms with Gasteiger partial charge in [0.15, 0.2) is 5.65 Å². The van der Waals surface area contributed by atoms with Gasteiger partial charge in [-0.1, -0.05) is 32.0 Å². The second kappa shape index (κ2) is 5.09. The van der Waals surface area contributed by atoms with E-state index >= 15 is 0 Å². The molecule has 1 aromatic carbocycles. The van der Waals surface area contributed by atoms with Crippen LogP contribution in [0.3, 0.4) is 0 Å². The summed E-state index contributed by atoms with van der Waals surface area (Å²) < 4.78 is 0. The SMILES string of the molecule is CC(C)c1ccccc1Nc1nc(Cl)nc2[nH]ncc12. The number of para-hydroxylation sites is 1. The number of nitrogens with one attached hydrogen (secondary N) is 2. The summed E-state index contributed by atoms with van der Waals surface area (Å²) in [6, 6.07) is 8.14. The zero-order valence-electron chi connectivity index (χ0n) is 11.2. The minimum Gasteiger partial charge on any atom is -0.339 e. The quantitative estimate of drug-likeness (QED) is 0.718. The van der Waals surface area contributed by atoms with Gasteiger partial charge in [-0.15, -0.1) is 0 Å². The molecule has 3 aromatic rings. The molecule has 0 saturated carbocycles. The minimum absolute atomic E-state index is 0.186. The molecule has 0 radical (unpaired) electrons. The fourth-order valence-electron chi connectivity index (χ4n) is 2.14. The topological polar surface area (TPSA) is 66.5 Å². The molecule has 0 fully saturated rings. The predicted molar refractivity (Wildman–Crippen MR) is 80.5 cm³/mol. The summed E-state index contributed by atoms with van der Waals surface area (Å²) in [5, 5.41) is 11.1. The fraction of sp³-hybridized carbons (Fsp3) is 0.214. The molecule has 5 nitrogen and oxygen atoms in total. The average Bonchev–Trinajstić information content (AvgIpc) is 2.87. The lowest BCUT2D eigenvalue weighted by Gasteiger charge is -2.14. The average molecular weight is 288 g/mol. The monoisotopic (exact) mass is 287 g/mol. The lowest BCUT2D eigenvalue weighted by Crippen LogP contribution is -2.00. The lowest BCUT2D eigenvalue weighted by molar-refractivity contribution is 0.869. The molecule has 2 aromatic heterocycles. The highest BCUT2D eigenvalue weighted by Crippen LogP contribution is 2.29. The number of benzene rings is 1. The van der Waals surface area contributed by atoms with Crippen molar-refractivity contribution >= 4 is 34.1 Å². The van der Waals surface area contributed by atoms with Gasteiger partial charge in [-0.2, -0.15) is 15.1 Å². The molecule has 20 heavy (non-hydrogen) atoms. The van der Waals surface area contributed by atoms with E-state index in [4.69, 9.17) is 11.6 Å². The third-order valence-electron chi connectivity index (χ3n) is 3.12. The first-order chi connectivity index (χ1) is 9.65. The van der Waals surface area contributed by atoms with E-state index < -0.39 is 0 Å². The van der Waals surface area contributed by atoms with E-state index in [1.807, 2.05) is 18.2 Å². The first-order valence-electron chi connectivity index (χ1n) is 6.37. The van der Waals surface area contributed by atoms with Gasteiger partial charge >= 0.3 is 0 Å². The maximum absolute atomic E-state index is 5.94. The molecule has 6 heteroatoms. The number of rotatable bonds is 3. The minimum atomic E-state index is 0.186. The van der Waals surface area contributed by atoms with E-state index in [9.17, 15) is 0 Å². The summed E-state index contributed by atoms with van der Waals surface area (Å²) in [4.78, 5) is 8.34. The van der Waals surface area contributed by atoms with Crippen LogP contribution in [0, 0.1) is 0 Å². The Morgan fingerprint density at radius 3 is 2.80 bits per heavy atom. The zero-order chi connectivity index (χ0) is 14.1. The molecule has 0 aliphatic carbocycles. The van der Waals surface area contributed by atoms with Crippen LogP contribution < -0.4 is 5.32 Å². The highest BCUT2D eigenvalue weighted by atomic mass is 35.5. The van der Waals surface area contributed by atoms with Crippen molar-refractivity contribution in [3.63, 3.8) is 0 Å². The van der Waals surface area contributed by atoms with Gasteiger partial charge in [0.05, 0.1) is 11.6 Å². The van der Waals surface area contributed by atoms with Crippen molar-refractivity contribution < 1.29 is 0 Å².